The summed E-state index contributed by atoms with van der Waals surface area (Å²) < 4.78 is 23.1. The lowest BCUT2D eigenvalue weighted by atomic mass is 10.2. The first-order valence-corrected chi connectivity index (χ1v) is 9.22. The number of hydrogen-bond acceptors (Lipinski definition) is 6. The molecule has 0 radical (unpaired) electrons. The molecule has 0 fully saturated rings. The van der Waals surface area contributed by atoms with Crippen molar-refractivity contribution in [2.24, 2.45) is 0 Å². The quantitative estimate of drug-likeness (QED) is 0.507. The van der Waals surface area contributed by atoms with Crippen molar-refractivity contribution in [1.82, 2.24) is 10.2 Å². The van der Waals surface area contributed by atoms with E-state index in [1.807, 2.05) is 7.05 Å². The molecule has 0 bridgehead atoms. The Balaban J connectivity index is 4.15. The van der Waals surface area contributed by atoms with E-state index in [4.69, 9.17) is 18.9 Å². The van der Waals surface area contributed by atoms with Crippen LogP contribution in [0.25, 0.3) is 0 Å². The van der Waals surface area contributed by atoms with Crippen molar-refractivity contribution in [2.45, 2.75) is 65.0 Å². The van der Waals surface area contributed by atoms with Gasteiger partial charge in [-0.3, -0.25) is 0 Å². The van der Waals surface area contributed by atoms with E-state index in [2.05, 4.69) is 58.8 Å². The Hall–Kier alpha value is -0.240. The van der Waals surface area contributed by atoms with Gasteiger partial charge < -0.3 is 29.2 Å². The minimum absolute atomic E-state index is 0.0521. The van der Waals surface area contributed by atoms with E-state index in [-0.39, 0.29) is 23.4 Å². The molecule has 0 heterocycles. The maximum atomic E-state index is 6.04. The Morgan fingerprint density at radius 1 is 0.920 bits per heavy atom. The molecule has 6 nitrogen and oxygen atoms in total. The SMILES string of the molecule is CNCC(COCCN(C)CC(COC)OC(C)(C)C)OC(C)(C)C. The Morgan fingerprint density at radius 2 is 1.48 bits per heavy atom. The van der Waals surface area contributed by atoms with Gasteiger partial charge in [-0.15, -0.1) is 0 Å². The fourth-order valence-corrected chi connectivity index (χ4v) is 2.55. The predicted molar refractivity (Wildman–Crippen MR) is 103 cm³/mol. The van der Waals surface area contributed by atoms with Crippen LogP contribution in [0.2, 0.25) is 0 Å². The normalized spacial score (nSPS) is 15.6. The number of nitrogens with one attached hydrogen (secondary N) is 1. The Morgan fingerprint density at radius 3 is 1.96 bits per heavy atom. The van der Waals surface area contributed by atoms with E-state index in [1.165, 1.54) is 0 Å². The number of methoxy groups -OCH3 is 1. The minimum atomic E-state index is -0.175. The van der Waals surface area contributed by atoms with Gasteiger partial charge >= 0.3 is 0 Å². The summed E-state index contributed by atoms with van der Waals surface area (Å²) in [6, 6.07) is 0. The summed E-state index contributed by atoms with van der Waals surface area (Å²) in [5, 5.41) is 3.16. The van der Waals surface area contributed by atoms with Gasteiger partial charge in [0.25, 0.3) is 0 Å². The molecule has 2 atom stereocenters. The number of ether oxygens (including phenoxy) is 4. The molecular weight excluding hydrogens is 320 g/mol. The molecule has 0 aromatic rings. The molecule has 0 aliphatic rings. The highest BCUT2D eigenvalue weighted by molar-refractivity contribution is 4.70. The van der Waals surface area contributed by atoms with Crippen molar-refractivity contribution in [3.8, 4) is 0 Å². The molecule has 2 unspecified atom stereocenters. The minimum Gasteiger partial charge on any atom is -0.382 e. The van der Waals surface area contributed by atoms with Gasteiger partial charge in [0, 0.05) is 26.7 Å². The maximum absolute atomic E-state index is 6.04. The summed E-state index contributed by atoms with van der Waals surface area (Å²) in [4.78, 5) is 2.22. The van der Waals surface area contributed by atoms with Gasteiger partial charge in [-0.2, -0.15) is 0 Å². The van der Waals surface area contributed by atoms with E-state index in [0.29, 0.717) is 19.8 Å². The third-order valence-corrected chi connectivity index (χ3v) is 3.26. The van der Waals surface area contributed by atoms with E-state index in [9.17, 15) is 0 Å². The average molecular weight is 363 g/mol. The zero-order valence-electron chi connectivity index (χ0n) is 18.0. The van der Waals surface area contributed by atoms with Crippen molar-refractivity contribution >= 4 is 0 Å². The van der Waals surface area contributed by atoms with Crippen molar-refractivity contribution in [1.29, 1.82) is 0 Å². The first-order chi connectivity index (χ1) is 11.5. The van der Waals surface area contributed by atoms with Crippen LogP contribution in [0.4, 0.5) is 0 Å². The van der Waals surface area contributed by atoms with Gasteiger partial charge in [-0.25, -0.2) is 0 Å². The maximum Gasteiger partial charge on any atom is 0.0941 e. The Kier molecular flexibility index (Phi) is 12.1. The van der Waals surface area contributed by atoms with E-state index >= 15 is 0 Å². The molecule has 0 aliphatic carbocycles. The molecule has 1 N–H and O–H groups in total. The summed E-state index contributed by atoms with van der Waals surface area (Å²) in [5.74, 6) is 0. The lowest BCUT2D eigenvalue weighted by Gasteiger charge is -2.30. The van der Waals surface area contributed by atoms with Crippen LogP contribution in [0.3, 0.4) is 0 Å². The molecule has 25 heavy (non-hydrogen) atoms. The van der Waals surface area contributed by atoms with Crippen molar-refractivity contribution in [3.63, 3.8) is 0 Å². The van der Waals surface area contributed by atoms with Crippen LogP contribution in [0.15, 0.2) is 0 Å². The van der Waals surface area contributed by atoms with Crippen LogP contribution in [-0.2, 0) is 18.9 Å². The molecule has 0 aliphatic heterocycles. The van der Waals surface area contributed by atoms with Crippen LogP contribution in [0.1, 0.15) is 41.5 Å². The summed E-state index contributed by atoms with van der Waals surface area (Å²) in [7, 11) is 5.71. The van der Waals surface area contributed by atoms with E-state index in [1.54, 1.807) is 7.11 Å². The van der Waals surface area contributed by atoms with Gasteiger partial charge in [-0.05, 0) is 55.6 Å². The number of rotatable bonds is 13. The molecule has 0 aromatic heterocycles. The second-order valence-corrected chi connectivity index (χ2v) is 8.55. The smallest absolute Gasteiger partial charge is 0.0941 e. The lowest BCUT2D eigenvalue weighted by Crippen LogP contribution is -2.40. The van der Waals surface area contributed by atoms with Gasteiger partial charge in [-0.1, -0.05) is 0 Å². The fourth-order valence-electron chi connectivity index (χ4n) is 2.55. The monoisotopic (exact) mass is 362 g/mol. The van der Waals surface area contributed by atoms with Gasteiger partial charge in [0.15, 0.2) is 0 Å². The predicted octanol–water partition coefficient (Wildman–Crippen LogP) is 2.17. The largest absolute Gasteiger partial charge is 0.382 e. The van der Waals surface area contributed by atoms with Gasteiger partial charge in [0.2, 0.25) is 0 Å². The van der Waals surface area contributed by atoms with Crippen molar-refractivity contribution in [3.05, 3.63) is 0 Å². The van der Waals surface area contributed by atoms with Crippen molar-refractivity contribution in [2.75, 3.05) is 60.7 Å². The van der Waals surface area contributed by atoms with Crippen molar-refractivity contribution < 1.29 is 18.9 Å². The highest BCUT2D eigenvalue weighted by Crippen LogP contribution is 2.12. The second-order valence-electron chi connectivity index (χ2n) is 8.55. The molecule has 0 aromatic carbocycles. The first kappa shape index (κ1) is 24.8. The van der Waals surface area contributed by atoms with Gasteiger partial charge in [0.05, 0.1) is 43.2 Å². The first-order valence-electron chi connectivity index (χ1n) is 9.22. The molecular formula is C19H42N2O4. The molecule has 0 saturated carbocycles. The van der Waals surface area contributed by atoms with E-state index < -0.39 is 0 Å². The third kappa shape index (κ3) is 15.7. The summed E-state index contributed by atoms with van der Waals surface area (Å²) in [6.07, 6.45) is 0.108. The number of likely N-dealkylation sites (N-methyl/N-ethyl adjacent to an activating group) is 2. The molecule has 152 valence electrons. The molecule has 0 amide bonds. The second kappa shape index (κ2) is 12.2. The summed E-state index contributed by atoms with van der Waals surface area (Å²) in [6.45, 7) is 16.7. The zero-order valence-corrected chi connectivity index (χ0v) is 18.0. The summed E-state index contributed by atoms with van der Waals surface area (Å²) >= 11 is 0. The molecule has 0 saturated heterocycles. The molecule has 6 heteroatoms. The Labute approximate surface area is 155 Å². The van der Waals surface area contributed by atoms with Gasteiger partial charge in [0.1, 0.15) is 0 Å². The zero-order chi connectivity index (χ0) is 19.5. The summed E-state index contributed by atoms with van der Waals surface area (Å²) in [5.41, 5.74) is -0.343. The third-order valence-electron chi connectivity index (χ3n) is 3.26. The standard InChI is InChI=1S/C19H42N2O4/c1-18(2,3)24-16(12-20-7)15-23-11-10-21(8)13-17(14-22-9)25-19(4,5)6/h16-17,20H,10-15H2,1-9H3. The van der Waals surface area contributed by atoms with Crippen LogP contribution in [0.5, 0.6) is 0 Å². The van der Waals surface area contributed by atoms with E-state index in [0.717, 1.165) is 19.6 Å². The molecule has 0 rings (SSSR count). The van der Waals surface area contributed by atoms with Crippen LogP contribution in [0, 0.1) is 0 Å². The topological polar surface area (TPSA) is 52.2 Å². The highest BCUT2D eigenvalue weighted by Gasteiger charge is 2.21. The molecule has 0 spiro atoms. The lowest BCUT2D eigenvalue weighted by molar-refractivity contribution is -0.101. The Bertz CT molecular complexity index is 326. The van der Waals surface area contributed by atoms with Crippen LogP contribution >= 0.6 is 0 Å². The highest BCUT2D eigenvalue weighted by atomic mass is 16.5. The number of hydrogen-bond donors (Lipinski definition) is 1. The fraction of sp³-hybridized carbons (Fsp3) is 1.00. The van der Waals surface area contributed by atoms with Crippen LogP contribution in [-0.4, -0.2) is 89.0 Å². The van der Waals surface area contributed by atoms with Crippen LogP contribution < -0.4 is 5.32 Å². The average Bonchev–Trinajstić information content (AvgIpc) is 2.40. The number of nitrogens with zero attached hydrogens (tertiary/aromatic N) is 1.